The molecule has 1 heterocycles. The quantitative estimate of drug-likeness (QED) is 0.476. The lowest BCUT2D eigenvalue weighted by atomic mass is 10.3. The summed E-state index contributed by atoms with van der Waals surface area (Å²) in [4.78, 5) is 2.43. The number of ether oxygens (including phenoxy) is 1. The molecule has 3 nitrogen and oxygen atoms in total. The summed E-state index contributed by atoms with van der Waals surface area (Å²) in [6, 6.07) is 0. The van der Waals surface area contributed by atoms with Gasteiger partial charge in [-0.2, -0.15) is 0 Å². The van der Waals surface area contributed by atoms with E-state index in [4.69, 9.17) is 11.2 Å². The fourth-order valence-corrected chi connectivity index (χ4v) is 1.41. The summed E-state index contributed by atoms with van der Waals surface area (Å²) >= 11 is 0. The fraction of sp³-hybridized carbons (Fsp3) is 0.800. The minimum atomic E-state index is 0.684. The van der Waals surface area contributed by atoms with Crippen LogP contribution in [-0.2, 0) is 4.74 Å². The van der Waals surface area contributed by atoms with Crippen molar-refractivity contribution in [2.24, 2.45) is 0 Å². The van der Waals surface area contributed by atoms with Gasteiger partial charge < -0.3 is 10.1 Å². The van der Waals surface area contributed by atoms with Crippen molar-refractivity contribution in [3.63, 3.8) is 0 Å². The maximum Gasteiger partial charge on any atom is 0.0594 e. The van der Waals surface area contributed by atoms with Gasteiger partial charge in [-0.3, -0.25) is 4.90 Å². The molecule has 1 N–H and O–H groups in total. The van der Waals surface area contributed by atoms with Crippen LogP contribution >= 0.6 is 0 Å². The molecule has 1 rings (SSSR count). The van der Waals surface area contributed by atoms with Crippen LogP contribution in [0.4, 0.5) is 0 Å². The normalized spacial score (nSPS) is 18.4. The summed E-state index contributed by atoms with van der Waals surface area (Å²) in [7, 11) is 0. The van der Waals surface area contributed by atoms with E-state index in [2.05, 4.69) is 16.1 Å². The molecule has 74 valence electrons. The Morgan fingerprint density at radius 2 is 2.15 bits per heavy atom. The second kappa shape index (κ2) is 6.90. The summed E-state index contributed by atoms with van der Waals surface area (Å²) in [6.45, 7) is 6.78. The molecular weight excluding hydrogens is 164 g/mol. The highest BCUT2D eigenvalue weighted by Gasteiger charge is 2.08. The molecule has 0 aliphatic carbocycles. The zero-order valence-electron chi connectivity index (χ0n) is 8.09. The molecule has 1 fully saturated rings. The third-order valence-corrected chi connectivity index (χ3v) is 2.16. The van der Waals surface area contributed by atoms with Crippen molar-refractivity contribution in [3.05, 3.63) is 0 Å². The molecule has 13 heavy (non-hydrogen) atoms. The number of hydrogen-bond acceptors (Lipinski definition) is 3. The first-order valence-corrected chi connectivity index (χ1v) is 4.88. The highest BCUT2D eigenvalue weighted by molar-refractivity contribution is 4.86. The van der Waals surface area contributed by atoms with E-state index in [1.165, 1.54) is 6.42 Å². The fourth-order valence-electron chi connectivity index (χ4n) is 1.41. The third-order valence-electron chi connectivity index (χ3n) is 2.16. The molecule has 0 unspecified atom stereocenters. The van der Waals surface area contributed by atoms with E-state index in [-0.39, 0.29) is 0 Å². The SMILES string of the molecule is C#CCNCCCN1CCOCC1. The number of nitrogens with zero attached hydrogens (tertiary/aromatic N) is 1. The van der Waals surface area contributed by atoms with Gasteiger partial charge in [0.1, 0.15) is 0 Å². The van der Waals surface area contributed by atoms with Gasteiger partial charge in [-0.1, -0.05) is 5.92 Å². The van der Waals surface area contributed by atoms with Gasteiger partial charge in [0.25, 0.3) is 0 Å². The van der Waals surface area contributed by atoms with E-state index in [1.807, 2.05) is 0 Å². The van der Waals surface area contributed by atoms with Crippen LogP contribution in [0.1, 0.15) is 6.42 Å². The van der Waals surface area contributed by atoms with E-state index in [1.54, 1.807) is 0 Å². The maximum atomic E-state index is 5.26. The Morgan fingerprint density at radius 3 is 2.85 bits per heavy atom. The molecule has 1 saturated heterocycles. The molecular formula is C10H18N2O. The van der Waals surface area contributed by atoms with E-state index in [0.717, 1.165) is 39.4 Å². The first kappa shape index (κ1) is 10.5. The average Bonchev–Trinajstić information content (AvgIpc) is 2.19. The highest BCUT2D eigenvalue weighted by atomic mass is 16.5. The number of rotatable bonds is 5. The monoisotopic (exact) mass is 182 g/mol. The van der Waals surface area contributed by atoms with Gasteiger partial charge >= 0.3 is 0 Å². The van der Waals surface area contributed by atoms with Crippen LogP contribution in [-0.4, -0.2) is 50.8 Å². The molecule has 3 heteroatoms. The predicted octanol–water partition coefficient (Wildman–Crippen LogP) is -0.0685. The van der Waals surface area contributed by atoms with Crippen LogP contribution in [0.5, 0.6) is 0 Å². The summed E-state index contributed by atoms with van der Waals surface area (Å²) in [5, 5.41) is 3.18. The molecule has 0 aromatic heterocycles. The highest BCUT2D eigenvalue weighted by Crippen LogP contribution is 1.96. The van der Waals surface area contributed by atoms with Crippen LogP contribution in [0.3, 0.4) is 0 Å². The van der Waals surface area contributed by atoms with Gasteiger partial charge in [-0.05, 0) is 19.5 Å². The lowest BCUT2D eigenvalue weighted by Gasteiger charge is -2.26. The summed E-state index contributed by atoms with van der Waals surface area (Å²) in [6.07, 6.45) is 6.28. The smallest absolute Gasteiger partial charge is 0.0594 e. The Hall–Kier alpha value is -0.560. The van der Waals surface area contributed by atoms with Gasteiger partial charge in [0.15, 0.2) is 0 Å². The van der Waals surface area contributed by atoms with Gasteiger partial charge in [0.2, 0.25) is 0 Å². The van der Waals surface area contributed by atoms with E-state index < -0.39 is 0 Å². The molecule has 0 spiro atoms. The van der Waals surface area contributed by atoms with Crippen LogP contribution in [0, 0.1) is 12.3 Å². The van der Waals surface area contributed by atoms with Crippen LogP contribution < -0.4 is 5.32 Å². The third kappa shape index (κ3) is 4.89. The lowest BCUT2D eigenvalue weighted by molar-refractivity contribution is 0.0375. The molecule has 1 aliphatic rings. The summed E-state index contributed by atoms with van der Waals surface area (Å²) in [5.74, 6) is 2.56. The van der Waals surface area contributed by atoms with Gasteiger partial charge in [0.05, 0.1) is 19.8 Å². The van der Waals surface area contributed by atoms with Crippen molar-refractivity contribution in [1.29, 1.82) is 0 Å². The molecule has 0 aromatic rings. The van der Waals surface area contributed by atoms with Gasteiger partial charge in [-0.25, -0.2) is 0 Å². The van der Waals surface area contributed by atoms with Crippen LogP contribution in [0.15, 0.2) is 0 Å². The Kier molecular flexibility index (Phi) is 5.59. The minimum absolute atomic E-state index is 0.684. The Labute approximate surface area is 80.4 Å². The first-order valence-electron chi connectivity index (χ1n) is 4.88. The molecule has 0 radical (unpaired) electrons. The summed E-state index contributed by atoms with van der Waals surface area (Å²) in [5.41, 5.74) is 0. The van der Waals surface area contributed by atoms with Crippen LogP contribution in [0.2, 0.25) is 0 Å². The van der Waals surface area contributed by atoms with Crippen molar-refractivity contribution in [2.45, 2.75) is 6.42 Å². The topological polar surface area (TPSA) is 24.5 Å². The largest absolute Gasteiger partial charge is 0.379 e. The molecule has 1 aliphatic heterocycles. The van der Waals surface area contributed by atoms with Gasteiger partial charge in [-0.15, -0.1) is 6.42 Å². The lowest BCUT2D eigenvalue weighted by Crippen LogP contribution is -2.37. The molecule has 0 bridgehead atoms. The van der Waals surface area contributed by atoms with Crippen molar-refractivity contribution >= 4 is 0 Å². The zero-order chi connectivity index (χ0) is 9.36. The van der Waals surface area contributed by atoms with E-state index in [9.17, 15) is 0 Å². The standard InChI is InChI=1S/C10H18N2O/c1-2-4-11-5-3-6-12-7-9-13-10-8-12/h1,11H,3-10H2. The molecule has 0 amide bonds. The zero-order valence-corrected chi connectivity index (χ0v) is 8.09. The van der Waals surface area contributed by atoms with Crippen molar-refractivity contribution in [2.75, 3.05) is 45.9 Å². The predicted molar refractivity (Wildman–Crippen MR) is 53.6 cm³/mol. The van der Waals surface area contributed by atoms with Crippen molar-refractivity contribution in [3.8, 4) is 12.3 Å². The average molecular weight is 182 g/mol. The number of terminal acetylenes is 1. The molecule has 0 atom stereocenters. The van der Waals surface area contributed by atoms with E-state index >= 15 is 0 Å². The van der Waals surface area contributed by atoms with Crippen molar-refractivity contribution < 1.29 is 4.74 Å². The Bertz CT molecular complexity index is 159. The Balaban J connectivity index is 1.90. The second-order valence-electron chi connectivity index (χ2n) is 3.19. The van der Waals surface area contributed by atoms with Crippen LogP contribution in [0.25, 0.3) is 0 Å². The summed E-state index contributed by atoms with van der Waals surface area (Å²) < 4.78 is 5.26. The molecule has 0 aromatic carbocycles. The first-order chi connectivity index (χ1) is 6.43. The minimum Gasteiger partial charge on any atom is -0.379 e. The number of nitrogens with one attached hydrogen (secondary N) is 1. The second-order valence-corrected chi connectivity index (χ2v) is 3.19. The number of hydrogen-bond donors (Lipinski definition) is 1. The van der Waals surface area contributed by atoms with Gasteiger partial charge in [0, 0.05) is 13.1 Å². The van der Waals surface area contributed by atoms with Crippen molar-refractivity contribution in [1.82, 2.24) is 10.2 Å². The number of morpholine rings is 1. The Morgan fingerprint density at radius 1 is 1.38 bits per heavy atom. The molecule has 0 saturated carbocycles. The van der Waals surface area contributed by atoms with E-state index in [0.29, 0.717) is 6.54 Å². The maximum absolute atomic E-state index is 5.26.